The van der Waals surface area contributed by atoms with Crippen LogP contribution < -0.4 is 10.5 Å². The van der Waals surface area contributed by atoms with E-state index in [4.69, 9.17) is 21.9 Å². The summed E-state index contributed by atoms with van der Waals surface area (Å²) in [7, 11) is -3.52. The van der Waals surface area contributed by atoms with Crippen LogP contribution in [0.15, 0.2) is 35.6 Å². The zero-order valence-electron chi connectivity index (χ0n) is 18.7. The molecule has 0 amide bonds. The Balaban J connectivity index is 1.64. The number of carbonyl (C=O) groups is 1. The topological polar surface area (TPSA) is 125 Å². The number of ether oxygens (including phenoxy) is 1. The molecule has 172 valence electrons. The Labute approximate surface area is 193 Å². The number of aryl methyl sites for hydroxylation is 1. The van der Waals surface area contributed by atoms with E-state index in [0.717, 1.165) is 29.5 Å². The third-order valence-corrected chi connectivity index (χ3v) is 9.07. The Morgan fingerprint density at radius 3 is 2.73 bits per heavy atom. The van der Waals surface area contributed by atoms with Gasteiger partial charge < -0.3 is 10.5 Å². The number of fused-ring (bicyclic) bond motifs is 2. The van der Waals surface area contributed by atoms with E-state index in [0.29, 0.717) is 6.42 Å². The van der Waals surface area contributed by atoms with Gasteiger partial charge in [-0.1, -0.05) is 24.1 Å². The lowest BCUT2D eigenvalue weighted by Gasteiger charge is -2.43. The highest BCUT2D eigenvalue weighted by atomic mass is 32.2. The number of sulfone groups is 1. The molecule has 1 aromatic carbocycles. The molecule has 0 unspecified atom stereocenters. The first-order valence-corrected chi connectivity index (χ1v) is 12.4. The summed E-state index contributed by atoms with van der Waals surface area (Å²) >= 11 is 0. The molecule has 0 radical (unpaired) electrons. The van der Waals surface area contributed by atoms with Gasteiger partial charge >= 0.3 is 0 Å². The van der Waals surface area contributed by atoms with Gasteiger partial charge in [0, 0.05) is 6.42 Å². The zero-order valence-corrected chi connectivity index (χ0v) is 19.5. The number of amidine groups is 1. The normalized spacial score (nSPS) is 22.6. The smallest absolute Gasteiger partial charge is 0.233 e. The van der Waals surface area contributed by atoms with E-state index < -0.39 is 20.1 Å². The number of hydrogen-bond donors (Lipinski definition) is 1. The van der Waals surface area contributed by atoms with Crippen molar-refractivity contribution in [3.8, 4) is 18.2 Å². The molecule has 2 N–H and O–H groups in total. The summed E-state index contributed by atoms with van der Waals surface area (Å²) in [5.41, 5.74) is 8.09. The lowest BCUT2D eigenvalue weighted by atomic mass is 9.76. The maximum atomic E-state index is 13.1. The molecule has 1 spiro atoms. The summed E-state index contributed by atoms with van der Waals surface area (Å²) < 4.78 is 30.2. The fraction of sp³-hybridized carbons (Fsp3) is 0.417. The summed E-state index contributed by atoms with van der Waals surface area (Å²) in [5.74, 6) is 2.41. The summed E-state index contributed by atoms with van der Waals surface area (Å²) in [4.78, 5) is 25.7. The van der Waals surface area contributed by atoms with Crippen LogP contribution in [0.25, 0.3) is 0 Å². The third-order valence-electron chi connectivity index (χ3n) is 6.45. The molecule has 9 heteroatoms. The number of aliphatic imine (C=N–C) groups is 1. The number of benzene rings is 1. The predicted octanol–water partition coefficient (Wildman–Crippen LogP) is 2.01. The summed E-state index contributed by atoms with van der Waals surface area (Å²) in [6.45, 7) is 3.26. The second-order valence-corrected chi connectivity index (χ2v) is 11.5. The van der Waals surface area contributed by atoms with E-state index in [-0.39, 0.29) is 42.0 Å². The van der Waals surface area contributed by atoms with E-state index >= 15 is 0 Å². The van der Waals surface area contributed by atoms with E-state index in [1.165, 1.54) is 12.4 Å². The molecular formula is C24H26N4O4S. The predicted molar refractivity (Wildman–Crippen MR) is 125 cm³/mol. The van der Waals surface area contributed by atoms with Crippen LogP contribution in [0.4, 0.5) is 0 Å². The van der Waals surface area contributed by atoms with Crippen LogP contribution in [-0.4, -0.2) is 47.1 Å². The third kappa shape index (κ3) is 4.11. The number of aromatic nitrogens is 2. The van der Waals surface area contributed by atoms with Crippen LogP contribution in [0.2, 0.25) is 0 Å². The Morgan fingerprint density at radius 1 is 1.27 bits per heavy atom. The average molecular weight is 467 g/mol. The van der Waals surface area contributed by atoms with Crippen molar-refractivity contribution in [2.24, 2.45) is 10.7 Å². The zero-order chi connectivity index (χ0) is 23.9. The lowest BCUT2D eigenvalue weighted by Crippen LogP contribution is -2.56. The number of ketones is 1. The molecule has 0 saturated carbocycles. The number of hydrogen-bond acceptors (Lipinski definition) is 8. The van der Waals surface area contributed by atoms with Crippen LogP contribution in [0, 0.1) is 12.3 Å². The monoisotopic (exact) mass is 466 g/mol. The highest BCUT2D eigenvalue weighted by Crippen LogP contribution is 2.44. The van der Waals surface area contributed by atoms with Gasteiger partial charge in [0.2, 0.25) is 5.88 Å². The molecule has 2 heterocycles. The molecule has 1 aromatic heterocycles. The van der Waals surface area contributed by atoms with Gasteiger partial charge in [-0.3, -0.25) is 9.79 Å². The number of terminal acetylenes is 1. The van der Waals surface area contributed by atoms with Crippen molar-refractivity contribution in [1.82, 2.24) is 9.97 Å². The molecule has 1 aliphatic carbocycles. The van der Waals surface area contributed by atoms with Gasteiger partial charge in [-0.2, -0.15) is 0 Å². The van der Waals surface area contributed by atoms with Crippen molar-refractivity contribution < 1.29 is 17.9 Å². The minimum Gasteiger partial charge on any atom is -0.463 e. The Morgan fingerprint density at radius 2 is 2.06 bits per heavy atom. The molecule has 0 saturated heterocycles. The first kappa shape index (κ1) is 22.9. The molecule has 4 rings (SSSR count). The van der Waals surface area contributed by atoms with Gasteiger partial charge in [0.25, 0.3) is 0 Å². The van der Waals surface area contributed by atoms with E-state index in [1.807, 2.05) is 18.2 Å². The molecular weight excluding hydrogens is 440 g/mol. The molecule has 1 aliphatic heterocycles. The van der Waals surface area contributed by atoms with Gasteiger partial charge in [-0.15, -0.1) is 6.42 Å². The van der Waals surface area contributed by atoms with Gasteiger partial charge in [0.05, 0.1) is 18.1 Å². The maximum absolute atomic E-state index is 13.1. The first-order valence-electron chi connectivity index (χ1n) is 10.7. The highest BCUT2D eigenvalue weighted by molar-refractivity contribution is 7.93. The molecule has 0 fully saturated rings. The summed E-state index contributed by atoms with van der Waals surface area (Å²) in [6, 6.07) is 5.75. The van der Waals surface area contributed by atoms with E-state index in [9.17, 15) is 13.2 Å². The Kier molecular flexibility index (Phi) is 5.74. The second-order valence-electron chi connectivity index (χ2n) is 8.98. The minimum absolute atomic E-state index is 0.0682. The first-order chi connectivity index (χ1) is 15.6. The molecule has 1 atom stereocenters. The minimum atomic E-state index is -3.52. The molecule has 33 heavy (non-hydrogen) atoms. The standard InChI is InChI=1S/C24H26N4O4S/c1-4-10-32-21-14-26-19(13-27-21)20(29)12-16-7-8-17-6-5-9-24(18(17)11-16)15-33(30,31)23(2,3)22(25)28-24/h1,7-8,11,13-14H,5-6,9-10,12,15H2,2-3H3,(H2,25,28)/t24-/m0/s1. The maximum Gasteiger partial charge on any atom is 0.233 e. The molecule has 8 nitrogen and oxygen atoms in total. The van der Waals surface area contributed by atoms with Crippen molar-refractivity contribution >= 4 is 21.5 Å². The largest absolute Gasteiger partial charge is 0.463 e. The van der Waals surface area contributed by atoms with Crippen LogP contribution in [0.5, 0.6) is 5.88 Å². The quantitative estimate of drug-likeness (QED) is 0.528. The number of nitrogens with zero attached hydrogens (tertiary/aromatic N) is 3. The van der Waals surface area contributed by atoms with Crippen molar-refractivity contribution in [2.75, 3.05) is 12.4 Å². The average Bonchev–Trinajstić information content (AvgIpc) is 2.77. The number of rotatable bonds is 5. The molecule has 0 bridgehead atoms. The Hall–Kier alpha value is -3.25. The van der Waals surface area contributed by atoms with Crippen molar-refractivity contribution in [3.63, 3.8) is 0 Å². The van der Waals surface area contributed by atoms with Gasteiger partial charge in [-0.05, 0) is 49.8 Å². The fourth-order valence-electron chi connectivity index (χ4n) is 4.33. The van der Waals surface area contributed by atoms with Crippen molar-refractivity contribution in [3.05, 3.63) is 53.0 Å². The van der Waals surface area contributed by atoms with Crippen LogP contribution >= 0.6 is 0 Å². The number of carbonyl (C=O) groups excluding carboxylic acids is 1. The highest BCUT2D eigenvalue weighted by Gasteiger charge is 2.51. The van der Waals surface area contributed by atoms with Crippen LogP contribution in [-0.2, 0) is 28.2 Å². The van der Waals surface area contributed by atoms with E-state index in [2.05, 4.69) is 15.9 Å². The van der Waals surface area contributed by atoms with Crippen molar-refractivity contribution in [2.45, 2.75) is 49.8 Å². The summed E-state index contributed by atoms with van der Waals surface area (Å²) in [5, 5.41) is 0. The van der Waals surface area contributed by atoms with Crippen LogP contribution in [0.1, 0.15) is 53.9 Å². The van der Waals surface area contributed by atoms with Gasteiger partial charge in [0.1, 0.15) is 21.8 Å². The van der Waals surface area contributed by atoms with Gasteiger partial charge in [0.15, 0.2) is 22.2 Å². The SMILES string of the molecule is C#CCOc1cnc(C(=O)Cc2ccc3c(c2)[C@]2(CCC3)CS(=O)(=O)C(C)(C)C(N)=N2)cn1. The lowest BCUT2D eigenvalue weighted by molar-refractivity contribution is 0.0987. The number of Topliss-reactive ketones (excluding diaryl/α,β-unsaturated/α-hetero) is 1. The van der Waals surface area contributed by atoms with Crippen LogP contribution in [0.3, 0.4) is 0 Å². The molecule has 2 aromatic rings. The van der Waals surface area contributed by atoms with E-state index in [1.54, 1.807) is 13.8 Å². The summed E-state index contributed by atoms with van der Waals surface area (Å²) in [6.07, 6.45) is 10.2. The molecule has 2 aliphatic rings. The second kappa shape index (κ2) is 8.27. The fourth-order valence-corrected chi connectivity index (χ4v) is 6.05. The van der Waals surface area contributed by atoms with Crippen molar-refractivity contribution in [1.29, 1.82) is 0 Å². The Bertz CT molecular complexity index is 1280. The number of nitrogens with two attached hydrogens (primary N) is 1. The van der Waals surface area contributed by atoms with Gasteiger partial charge in [-0.25, -0.2) is 18.4 Å².